The summed E-state index contributed by atoms with van der Waals surface area (Å²) < 4.78 is 11.5. The second kappa shape index (κ2) is 6.72. The Hall–Kier alpha value is -0.830. The lowest BCUT2D eigenvalue weighted by molar-refractivity contribution is -0.169. The molecule has 5 rings (SSSR count). The largest absolute Gasteiger partial charge is 0.438 e. The highest BCUT2D eigenvalue weighted by Gasteiger charge is 2.62. The van der Waals surface area contributed by atoms with Crippen molar-refractivity contribution >= 4 is 5.97 Å². The van der Waals surface area contributed by atoms with Crippen molar-refractivity contribution in [2.75, 3.05) is 6.79 Å². The molecule has 0 aromatic heterocycles. The summed E-state index contributed by atoms with van der Waals surface area (Å²) in [5, 5.41) is 0. The van der Waals surface area contributed by atoms with Crippen LogP contribution in [0.1, 0.15) is 64.2 Å². The van der Waals surface area contributed by atoms with Crippen LogP contribution in [0, 0.1) is 41.4 Å². The Labute approximate surface area is 151 Å². The molecular weight excluding hydrogens is 312 g/mol. The van der Waals surface area contributed by atoms with E-state index in [1.807, 2.05) is 0 Å². The number of carbonyl (C=O) groups is 1. The maximum atomic E-state index is 12.7. The van der Waals surface area contributed by atoms with Crippen molar-refractivity contribution in [2.24, 2.45) is 41.4 Å². The van der Waals surface area contributed by atoms with Crippen LogP contribution in [0.25, 0.3) is 0 Å². The van der Waals surface area contributed by atoms with Gasteiger partial charge in [-0.05, 0) is 67.6 Å². The highest BCUT2D eigenvalue weighted by molar-refractivity contribution is 5.73. The zero-order valence-corrected chi connectivity index (χ0v) is 15.3. The summed E-state index contributed by atoms with van der Waals surface area (Å²) in [4.78, 5) is 12.7. The average Bonchev–Trinajstić information content (AvgIpc) is 3.35. The first-order valence-electron chi connectivity index (χ1n) is 10.8. The molecule has 0 spiro atoms. The molecule has 3 heteroatoms. The van der Waals surface area contributed by atoms with Crippen LogP contribution >= 0.6 is 0 Å². The van der Waals surface area contributed by atoms with Crippen LogP contribution < -0.4 is 0 Å². The van der Waals surface area contributed by atoms with Crippen molar-refractivity contribution in [3.05, 3.63) is 12.2 Å². The van der Waals surface area contributed by atoms with Crippen LogP contribution in [0.15, 0.2) is 12.2 Å². The van der Waals surface area contributed by atoms with Crippen molar-refractivity contribution in [1.29, 1.82) is 0 Å². The Morgan fingerprint density at radius 1 is 0.880 bits per heavy atom. The Morgan fingerprint density at radius 2 is 1.60 bits per heavy atom. The van der Waals surface area contributed by atoms with E-state index >= 15 is 0 Å². The number of ether oxygens (including phenoxy) is 2. The highest BCUT2D eigenvalue weighted by Crippen LogP contribution is 2.67. The van der Waals surface area contributed by atoms with Gasteiger partial charge in [-0.3, -0.25) is 4.79 Å². The van der Waals surface area contributed by atoms with Gasteiger partial charge in [-0.15, -0.1) is 0 Å². The number of rotatable bonds is 4. The lowest BCUT2D eigenvalue weighted by Gasteiger charge is -2.35. The fraction of sp³-hybridized carbons (Fsp3) is 0.864. The van der Waals surface area contributed by atoms with Crippen molar-refractivity contribution in [2.45, 2.75) is 70.3 Å². The van der Waals surface area contributed by atoms with Crippen molar-refractivity contribution in [3.8, 4) is 0 Å². The maximum Gasteiger partial charge on any atom is 0.311 e. The third-order valence-corrected chi connectivity index (χ3v) is 8.13. The van der Waals surface area contributed by atoms with Crippen LogP contribution in [0.5, 0.6) is 0 Å². The minimum absolute atomic E-state index is 0.0311. The summed E-state index contributed by atoms with van der Waals surface area (Å²) in [6.07, 6.45) is 17.7. The highest BCUT2D eigenvalue weighted by atomic mass is 16.7. The molecule has 3 nitrogen and oxygen atoms in total. The number of hydrogen-bond acceptors (Lipinski definition) is 3. The van der Waals surface area contributed by atoms with Crippen molar-refractivity contribution in [1.82, 2.24) is 0 Å². The fourth-order valence-corrected chi connectivity index (χ4v) is 7.17. The molecule has 4 fully saturated rings. The van der Waals surface area contributed by atoms with Crippen molar-refractivity contribution < 1.29 is 14.3 Å². The van der Waals surface area contributed by atoms with Crippen LogP contribution in [0.2, 0.25) is 0 Å². The smallest absolute Gasteiger partial charge is 0.311 e. The van der Waals surface area contributed by atoms with E-state index < -0.39 is 0 Å². The van der Waals surface area contributed by atoms with Gasteiger partial charge < -0.3 is 9.47 Å². The Balaban J connectivity index is 1.12. The molecule has 4 bridgehead atoms. The number of hydrogen-bond donors (Lipinski definition) is 0. The van der Waals surface area contributed by atoms with E-state index in [9.17, 15) is 4.79 Å². The summed E-state index contributed by atoms with van der Waals surface area (Å²) in [7, 11) is 0. The first-order valence-corrected chi connectivity index (χ1v) is 10.8. The Bertz CT molecular complexity index is 533. The van der Waals surface area contributed by atoms with E-state index in [4.69, 9.17) is 9.47 Å². The van der Waals surface area contributed by atoms with Gasteiger partial charge >= 0.3 is 5.97 Å². The van der Waals surface area contributed by atoms with Gasteiger partial charge in [-0.1, -0.05) is 44.3 Å². The molecule has 7 atom stereocenters. The van der Waals surface area contributed by atoms with E-state index in [1.54, 1.807) is 0 Å². The molecule has 138 valence electrons. The molecule has 4 saturated carbocycles. The molecule has 5 aliphatic rings. The molecule has 25 heavy (non-hydrogen) atoms. The van der Waals surface area contributed by atoms with E-state index in [1.165, 1.54) is 44.9 Å². The maximum absolute atomic E-state index is 12.7. The summed E-state index contributed by atoms with van der Waals surface area (Å²) in [5.41, 5.74) is 0. The number of allylic oxidation sites excluding steroid dienone is 2. The van der Waals surface area contributed by atoms with Gasteiger partial charge in [0.05, 0.1) is 12.0 Å². The topological polar surface area (TPSA) is 35.5 Å². The third kappa shape index (κ3) is 2.87. The van der Waals surface area contributed by atoms with Crippen molar-refractivity contribution in [3.63, 3.8) is 0 Å². The SMILES string of the molecule is O=C(OCOC1CCCCCCC1)C1CC2CC1C1C3C=CC(C3)C21. The van der Waals surface area contributed by atoms with Crippen LogP contribution in [0.4, 0.5) is 0 Å². The second-order valence-corrected chi connectivity index (χ2v) is 9.32. The first kappa shape index (κ1) is 16.4. The monoisotopic (exact) mass is 344 g/mol. The molecule has 0 amide bonds. The number of esters is 1. The summed E-state index contributed by atoms with van der Waals surface area (Å²) in [6, 6.07) is 0. The quantitative estimate of drug-likeness (QED) is 0.321. The molecule has 0 aromatic carbocycles. The normalized spacial score (nSPS) is 45.4. The molecule has 0 aliphatic heterocycles. The third-order valence-electron chi connectivity index (χ3n) is 8.13. The van der Waals surface area contributed by atoms with Gasteiger partial charge in [0.15, 0.2) is 6.79 Å². The summed E-state index contributed by atoms with van der Waals surface area (Å²) in [5.74, 6) is 4.79. The minimum atomic E-state index is 0.0311. The van der Waals surface area contributed by atoms with E-state index in [0.29, 0.717) is 12.0 Å². The summed E-state index contributed by atoms with van der Waals surface area (Å²) in [6.45, 7) is 0.178. The van der Waals surface area contributed by atoms with E-state index in [2.05, 4.69) is 12.2 Å². The zero-order valence-electron chi connectivity index (χ0n) is 15.3. The van der Waals surface area contributed by atoms with Gasteiger partial charge in [0.2, 0.25) is 0 Å². The van der Waals surface area contributed by atoms with Gasteiger partial charge in [0.1, 0.15) is 0 Å². The first-order chi connectivity index (χ1) is 12.3. The lowest BCUT2D eigenvalue weighted by atomic mass is 9.69. The molecular formula is C22H32O3. The average molecular weight is 344 g/mol. The molecule has 5 aliphatic carbocycles. The van der Waals surface area contributed by atoms with Gasteiger partial charge in [0.25, 0.3) is 0 Å². The van der Waals surface area contributed by atoms with Gasteiger partial charge in [-0.25, -0.2) is 0 Å². The van der Waals surface area contributed by atoms with E-state index in [-0.39, 0.29) is 18.7 Å². The molecule has 7 unspecified atom stereocenters. The van der Waals surface area contributed by atoms with Crippen LogP contribution in [0.3, 0.4) is 0 Å². The Morgan fingerprint density at radius 3 is 2.40 bits per heavy atom. The molecule has 0 saturated heterocycles. The number of carbonyl (C=O) groups excluding carboxylic acids is 1. The standard InChI is InChI=1S/C22H32O3/c23-22(25-13-24-17-6-4-2-1-3-5-7-17)19-12-16-11-18(19)21-15-9-8-14(10-15)20(16)21/h8-9,14-21H,1-7,10-13H2. The lowest BCUT2D eigenvalue weighted by Crippen LogP contribution is -2.35. The zero-order chi connectivity index (χ0) is 16.8. The predicted molar refractivity (Wildman–Crippen MR) is 95.6 cm³/mol. The van der Waals surface area contributed by atoms with Gasteiger partial charge in [0, 0.05) is 0 Å². The van der Waals surface area contributed by atoms with Crippen LogP contribution in [-0.2, 0) is 14.3 Å². The molecule has 0 heterocycles. The predicted octanol–water partition coefficient (Wildman–Crippen LogP) is 4.71. The molecule has 0 N–H and O–H groups in total. The second-order valence-electron chi connectivity index (χ2n) is 9.32. The fourth-order valence-electron chi connectivity index (χ4n) is 7.17. The minimum Gasteiger partial charge on any atom is -0.438 e. The van der Waals surface area contributed by atoms with Crippen LogP contribution in [-0.4, -0.2) is 18.9 Å². The summed E-state index contributed by atoms with van der Waals surface area (Å²) >= 11 is 0. The number of fused-ring (bicyclic) bond motifs is 9. The molecule has 0 radical (unpaired) electrons. The van der Waals surface area contributed by atoms with E-state index in [0.717, 1.165) is 48.9 Å². The van der Waals surface area contributed by atoms with Gasteiger partial charge in [-0.2, -0.15) is 0 Å². The Kier molecular flexibility index (Phi) is 4.39. The molecule has 0 aromatic rings.